The second kappa shape index (κ2) is 6.09. The third-order valence-corrected chi connectivity index (χ3v) is 4.22. The van der Waals surface area contributed by atoms with Crippen LogP contribution in [-0.4, -0.2) is 9.55 Å². The van der Waals surface area contributed by atoms with Crippen LogP contribution in [0, 0.1) is 0 Å². The number of rotatable bonds is 4. The number of aromatic nitrogens is 2. The van der Waals surface area contributed by atoms with Gasteiger partial charge in [0, 0.05) is 24.3 Å². The van der Waals surface area contributed by atoms with E-state index in [1.807, 2.05) is 12.3 Å². The number of pyridine rings is 1. The Balaban J connectivity index is 1.67. The fourth-order valence-corrected chi connectivity index (χ4v) is 3.03. The Labute approximate surface area is 136 Å². The molecule has 2 heteroatoms. The number of nitrogens with zero attached hydrogens (tertiary/aromatic N) is 2. The molecule has 0 amide bonds. The number of benzene rings is 2. The number of fused-ring (bicyclic) bond motifs is 1. The summed E-state index contributed by atoms with van der Waals surface area (Å²) in [6.07, 6.45) is 4.94. The van der Waals surface area contributed by atoms with Crippen molar-refractivity contribution in [1.82, 2.24) is 9.55 Å². The van der Waals surface area contributed by atoms with Crippen molar-refractivity contribution < 1.29 is 0 Å². The highest BCUT2D eigenvalue weighted by molar-refractivity contribution is 5.75. The van der Waals surface area contributed by atoms with Gasteiger partial charge in [-0.2, -0.15) is 0 Å². The molecule has 4 aromatic rings. The molecule has 4 rings (SSSR count). The minimum atomic E-state index is 0.851. The van der Waals surface area contributed by atoms with Crippen molar-refractivity contribution in [3.63, 3.8) is 0 Å². The van der Waals surface area contributed by atoms with Crippen LogP contribution >= 0.6 is 0 Å². The first-order valence-corrected chi connectivity index (χ1v) is 7.91. The fourth-order valence-electron chi connectivity index (χ4n) is 3.03. The van der Waals surface area contributed by atoms with E-state index >= 15 is 0 Å². The molecule has 0 saturated heterocycles. The van der Waals surface area contributed by atoms with Crippen molar-refractivity contribution in [3.05, 3.63) is 102 Å². The van der Waals surface area contributed by atoms with Crippen LogP contribution in [0.2, 0.25) is 0 Å². The van der Waals surface area contributed by atoms with Gasteiger partial charge in [0.25, 0.3) is 0 Å². The van der Waals surface area contributed by atoms with Crippen molar-refractivity contribution >= 4 is 11.0 Å². The zero-order chi connectivity index (χ0) is 15.5. The lowest BCUT2D eigenvalue weighted by Crippen LogP contribution is -2.03. The third kappa shape index (κ3) is 2.88. The Hall–Kier alpha value is -2.87. The summed E-state index contributed by atoms with van der Waals surface area (Å²) >= 11 is 0. The van der Waals surface area contributed by atoms with E-state index in [-0.39, 0.29) is 0 Å². The predicted octanol–water partition coefficient (Wildman–Crippen LogP) is 4.68. The zero-order valence-corrected chi connectivity index (χ0v) is 12.9. The van der Waals surface area contributed by atoms with Gasteiger partial charge < -0.3 is 4.57 Å². The number of hydrogen-bond donors (Lipinski definition) is 0. The van der Waals surface area contributed by atoms with Crippen molar-refractivity contribution in [2.75, 3.05) is 0 Å². The van der Waals surface area contributed by atoms with Crippen LogP contribution in [0.1, 0.15) is 16.7 Å². The molecule has 23 heavy (non-hydrogen) atoms. The van der Waals surface area contributed by atoms with Gasteiger partial charge in [-0.1, -0.05) is 54.6 Å². The molecule has 0 atom stereocenters. The lowest BCUT2D eigenvalue weighted by atomic mass is 10.00. The molecule has 0 saturated carbocycles. The monoisotopic (exact) mass is 298 g/mol. The van der Waals surface area contributed by atoms with Gasteiger partial charge in [0.15, 0.2) is 0 Å². The van der Waals surface area contributed by atoms with E-state index in [1.165, 1.54) is 22.1 Å². The Kier molecular flexibility index (Phi) is 3.65. The molecular formula is C21H18N2. The summed E-state index contributed by atoms with van der Waals surface area (Å²) in [4.78, 5) is 4.51. The highest BCUT2D eigenvalue weighted by atomic mass is 15.0. The van der Waals surface area contributed by atoms with Gasteiger partial charge in [0.1, 0.15) is 5.65 Å². The molecule has 0 fully saturated rings. The summed E-state index contributed by atoms with van der Waals surface area (Å²) in [5.74, 6) is 0. The van der Waals surface area contributed by atoms with E-state index in [9.17, 15) is 0 Å². The second-order valence-electron chi connectivity index (χ2n) is 5.79. The summed E-state index contributed by atoms with van der Waals surface area (Å²) in [5.41, 5.74) is 5.11. The van der Waals surface area contributed by atoms with Gasteiger partial charge in [0.05, 0.1) is 0 Å². The average Bonchev–Trinajstić information content (AvgIpc) is 3.01. The highest BCUT2D eigenvalue weighted by Gasteiger charge is 2.06. The fraction of sp³-hybridized carbons (Fsp3) is 0.0952. The average molecular weight is 298 g/mol. The normalized spacial score (nSPS) is 11.0. The largest absolute Gasteiger partial charge is 0.328 e. The Morgan fingerprint density at radius 1 is 0.739 bits per heavy atom. The molecule has 2 aromatic carbocycles. The van der Waals surface area contributed by atoms with E-state index in [1.54, 1.807) is 0 Å². The minimum Gasteiger partial charge on any atom is -0.328 e. The topological polar surface area (TPSA) is 17.8 Å². The highest BCUT2D eigenvalue weighted by Crippen LogP contribution is 2.19. The van der Waals surface area contributed by atoms with Crippen molar-refractivity contribution in [1.29, 1.82) is 0 Å². The molecule has 0 bridgehead atoms. The quantitative estimate of drug-likeness (QED) is 0.535. The molecule has 112 valence electrons. The van der Waals surface area contributed by atoms with Crippen molar-refractivity contribution in [3.8, 4) is 0 Å². The first-order valence-electron chi connectivity index (χ1n) is 7.91. The molecule has 0 spiro atoms. The van der Waals surface area contributed by atoms with Crippen LogP contribution < -0.4 is 0 Å². The summed E-state index contributed by atoms with van der Waals surface area (Å²) in [6, 6.07) is 25.5. The Bertz CT molecular complexity index is 923. The molecule has 2 heterocycles. The molecular weight excluding hydrogens is 280 g/mol. The van der Waals surface area contributed by atoms with Gasteiger partial charge in [-0.25, -0.2) is 4.98 Å². The zero-order valence-electron chi connectivity index (χ0n) is 12.9. The van der Waals surface area contributed by atoms with E-state index in [0.29, 0.717) is 0 Å². The second-order valence-corrected chi connectivity index (χ2v) is 5.79. The molecule has 0 aliphatic heterocycles. The maximum atomic E-state index is 4.51. The van der Waals surface area contributed by atoms with E-state index in [0.717, 1.165) is 18.6 Å². The van der Waals surface area contributed by atoms with Crippen LogP contribution in [0.4, 0.5) is 0 Å². The first-order chi connectivity index (χ1) is 11.4. The van der Waals surface area contributed by atoms with Crippen LogP contribution in [0.3, 0.4) is 0 Å². The summed E-state index contributed by atoms with van der Waals surface area (Å²) in [7, 11) is 0. The summed E-state index contributed by atoms with van der Waals surface area (Å²) in [6.45, 7) is 0.851. The van der Waals surface area contributed by atoms with Crippen LogP contribution in [0.15, 0.2) is 85.2 Å². The van der Waals surface area contributed by atoms with E-state index in [2.05, 4.69) is 82.5 Å². The molecule has 0 unspecified atom stereocenters. The number of hydrogen-bond acceptors (Lipinski definition) is 1. The maximum Gasteiger partial charge on any atom is 0.140 e. The van der Waals surface area contributed by atoms with Crippen LogP contribution in [0.5, 0.6) is 0 Å². The molecule has 0 N–H and O–H groups in total. The van der Waals surface area contributed by atoms with E-state index < -0.39 is 0 Å². The van der Waals surface area contributed by atoms with Gasteiger partial charge in [0.2, 0.25) is 0 Å². The smallest absolute Gasteiger partial charge is 0.140 e. The Morgan fingerprint density at radius 3 is 2.39 bits per heavy atom. The Morgan fingerprint density at radius 2 is 1.52 bits per heavy atom. The first kappa shape index (κ1) is 13.8. The predicted molar refractivity (Wildman–Crippen MR) is 94.5 cm³/mol. The molecule has 0 aliphatic rings. The molecule has 0 aliphatic carbocycles. The third-order valence-electron chi connectivity index (χ3n) is 4.22. The van der Waals surface area contributed by atoms with Crippen LogP contribution in [0.25, 0.3) is 11.0 Å². The molecule has 2 nitrogen and oxygen atoms in total. The SMILES string of the molecule is c1ccc(Cc2ccccc2Cn2ccc3cccnc32)cc1. The van der Waals surface area contributed by atoms with Gasteiger partial charge in [-0.15, -0.1) is 0 Å². The van der Waals surface area contributed by atoms with Gasteiger partial charge >= 0.3 is 0 Å². The van der Waals surface area contributed by atoms with E-state index in [4.69, 9.17) is 0 Å². The van der Waals surface area contributed by atoms with Crippen molar-refractivity contribution in [2.45, 2.75) is 13.0 Å². The molecule has 2 aromatic heterocycles. The summed E-state index contributed by atoms with van der Waals surface area (Å²) in [5, 5.41) is 1.19. The van der Waals surface area contributed by atoms with Gasteiger partial charge in [-0.05, 0) is 41.3 Å². The summed E-state index contributed by atoms with van der Waals surface area (Å²) < 4.78 is 2.22. The minimum absolute atomic E-state index is 0.851. The lowest BCUT2D eigenvalue weighted by Gasteiger charge is -2.11. The maximum absolute atomic E-state index is 4.51. The van der Waals surface area contributed by atoms with Gasteiger partial charge in [-0.3, -0.25) is 0 Å². The van der Waals surface area contributed by atoms with Crippen molar-refractivity contribution in [2.24, 2.45) is 0 Å². The van der Waals surface area contributed by atoms with Crippen LogP contribution in [-0.2, 0) is 13.0 Å². The lowest BCUT2D eigenvalue weighted by molar-refractivity contribution is 0.815. The molecule has 0 radical (unpaired) electrons. The standard InChI is InChI=1S/C21H18N2/c1-2-7-17(8-3-1)15-19-9-4-5-10-20(19)16-23-14-12-18-11-6-13-22-21(18)23/h1-14H,15-16H2.